The average Bonchev–Trinajstić information content (AvgIpc) is 2.58. The fraction of sp³-hybridized carbons (Fsp3) is 0.125. The van der Waals surface area contributed by atoms with Crippen molar-refractivity contribution in [2.75, 3.05) is 6.61 Å². The van der Waals surface area contributed by atoms with Gasteiger partial charge in [0.05, 0.1) is 15.7 Å². The van der Waals surface area contributed by atoms with Gasteiger partial charge in [-0.05, 0) is 30.7 Å². The first-order chi connectivity index (χ1) is 12.3. The Labute approximate surface area is 167 Å². The standard InChI is InChI=1S/C16H12BrCl2N3O4/c1-9(10-2-4-11(17)5-3-10)20-21-15(23)8-26-16-13(19)6-12(18)7-14(16)22(24)25/h2-7H,8H2,1H3,(H,21,23)/b20-9+. The third-order valence-corrected chi connectivity index (χ3v) is 4.17. The molecule has 0 atom stereocenters. The van der Waals surface area contributed by atoms with Gasteiger partial charge in [0.2, 0.25) is 5.75 Å². The van der Waals surface area contributed by atoms with Crippen LogP contribution in [-0.2, 0) is 4.79 Å². The maximum Gasteiger partial charge on any atom is 0.314 e. The number of nitro benzene ring substituents is 1. The summed E-state index contributed by atoms with van der Waals surface area (Å²) in [5.74, 6) is -0.827. The molecule has 26 heavy (non-hydrogen) atoms. The summed E-state index contributed by atoms with van der Waals surface area (Å²) >= 11 is 15.0. The van der Waals surface area contributed by atoms with Crippen LogP contribution in [0.4, 0.5) is 5.69 Å². The SMILES string of the molecule is C/C(=N\NC(=O)COc1c(Cl)cc(Cl)cc1[N+](=O)[O-])c1ccc(Br)cc1. The quantitative estimate of drug-likeness (QED) is 0.387. The van der Waals surface area contributed by atoms with E-state index in [1.54, 1.807) is 6.92 Å². The lowest BCUT2D eigenvalue weighted by Crippen LogP contribution is -2.25. The van der Waals surface area contributed by atoms with Crippen LogP contribution >= 0.6 is 39.1 Å². The number of carbonyl (C=O) groups excluding carboxylic acids is 1. The van der Waals surface area contributed by atoms with E-state index in [9.17, 15) is 14.9 Å². The predicted molar refractivity (Wildman–Crippen MR) is 103 cm³/mol. The second kappa shape index (κ2) is 8.98. The van der Waals surface area contributed by atoms with E-state index in [0.717, 1.165) is 16.1 Å². The summed E-state index contributed by atoms with van der Waals surface area (Å²) < 4.78 is 6.10. The van der Waals surface area contributed by atoms with E-state index in [2.05, 4.69) is 26.5 Å². The minimum Gasteiger partial charge on any atom is -0.476 e. The van der Waals surface area contributed by atoms with Crippen molar-refractivity contribution in [1.29, 1.82) is 0 Å². The van der Waals surface area contributed by atoms with Gasteiger partial charge < -0.3 is 4.74 Å². The van der Waals surface area contributed by atoms with Gasteiger partial charge in [-0.2, -0.15) is 5.10 Å². The van der Waals surface area contributed by atoms with E-state index in [0.29, 0.717) is 5.71 Å². The van der Waals surface area contributed by atoms with E-state index in [-0.39, 0.29) is 15.8 Å². The Kier molecular flexibility index (Phi) is 6.96. The highest BCUT2D eigenvalue weighted by Crippen LogP contribution is 2.37. The van der Waals surface area contributed by atoms with Gasteiger partial charge >= 0.3 is 5.69 Å². The molecular weight excluding hydrogens is 449 g/mol. The number of amides is 1. The molecule has 0 saturated carbocycles. The number of hydrazone groups is 1. The van der Waals surface area contributed by atoms with Crippen LogP contribution in [0.5, 0.6) is 5.75 Å². The summed E-state index contributed by atoms with van der Waals surface area (Å²) in [5.41, 5.74) is 3.30. The average molecular weight is 461 g/mol. The number of hydrogen-bond donors (Lipinski definition) is 1. The molecule has 0 radical (unpaired) electrons. The van der Waals surface area contributed by atoms with Crippen molar-refractivity contribution >= 4 is 56.4 Å². The van der Waals surface area contributed by atoms with Crippen molar-refractivity contribution in [2.45, 2.75) is 6.92 Å². The number of rotatable bonds is 6. The summed E-state index contributed by atoms with van der Waals surface area (Å²) in [6.07, 6.45) is 0. The Bertz CT molecular complexity index is 873. The molecule has 0 aliphatic carbocycles. The minimum atomic E-state index is -0.694. The number of nitrogens with zero attached hydrogens (tertiary/aromatic N) is 2. The number of halogens is 3. The first-order valence-electron chi connectivity index (χ1n) is 7.13. The second-order valence-corrected chi connectivity index (χ2v) is 6.78. The zero-order chi connectivity index (χ0) is 19.3. The van der Waals surface area contributed by atoms with Crippen LogP contribution in [-0.4, -0.2) is 23.1 Å². The Morgan fingerprint density at radius 3 is 2.58 bits per heavy atom. The molecule has 0 unspecified atom stereocenters. The lowest BCUT2D eigenvalue weighted by Gasteiger charge is -2.08. The summed E-state index contributed by atoms with van der Waals surface area (Å²) in [7, 11) is 0. The van der Waals surface area contributed by atoms with Crippen LogP contribution in [0.25, 0.3) is 0 Å². The van der Waals surface area contributed by atoms with Gasteiger partial charge in [-0.1, -0.05) is 51.3 Å². The van der Waals surface area contributed by atoms with Gasteiger partial charge in [0.15, 0.2) is 6.61 Å². The highest BCUT2D eigenvalue weighted by Gasteiger charge is 2.21. The van der Waals surface area contributed by atoms with E-state index in [4.69, 9.17) is 27.9 Å². The number of nitro groups is 1. The van der Waals surface area contributed by atoms with Gasteiger partial charge in [-0.25, -0.2) is 5.43 Å². The predicted octanol–water partition coefficient (Wildman–Crippen LogP) is 4.58. The molecule has 0 aliphatic heterocycles. The fourth-order valence-corrected chi connectivity index (χ4v) is 2.70. The topological polar surface area (TPSA) is 93.8 Å². The fourth-order valence-electron chi connectivity index (χ4n) is 1.90. The molecule has 2 aromatic carbocycles. The van der Waals surface area contributed by atoms with Gasteiger partial charge in [-0.3, -0.25) is 14.9 Å². The van der Waals surface area contributed by atoms with Crippen molar-refractivity contribution < 1.29 is 14.5 Å². The smallest absolute Gasteiger partial charge is 0.314 e. The van der Waals surface area contributed by atoms with Gasteiger partial charge in [0.1, 0.15) is 0 Å². The van der Waals surface area contributed by atoms with Crippen LogP contribution in [0, 0.1) is 10.1 Å². The Hall–Kier alpha value is -2.16. The van der Waals surface area contributed by atoms with Crippen LogP contribution in [0.1, 0.15) is 12.5 Å². The Morgan fingerprint density at radius 1 is 1.31 bits per heavy atom. The summed E-state index contributed by atoms with van der Waals surface area (Å²) in [5, 5.41) is 15.0. The molecule has 0 heterocycles. The van der Waals surface area contributed by atoms with E-state index in [1.165, 1.54) is 6.07 Å². The first-order valence-corrected chi connectivity index (χ1v) is 8.68. The molecule has 7 nitrogen and oxygen atoms in total. The normalized spacial score (nSPS) is 11.2. The second-order valence-electron chi connectivity index (χ2n) is 5.02. The van der Waals surface area contributed by atoms with Crippen molar-refractivity contribution in [3.8, 4) is 5.75 Å². The molecular formula is C16H12BrCl2N3O4. The number of hydrogen-bond acceptors (Lipinski definition) is 5. The molecule has 136 valence electrons. The van der Waals surface area contributed by atoms with Crippen molar-refractivity contribution in [3.05, 3.63) is 66.6 Å². The summed E-state index contributed by atoms with van der Waals surface area (Å²) in [4.78, 5) is 22.2. The molecule has 1 N–H and O–H groups in total. The van der Waals surface area contributed by atoms with E-state index in [1.807, 2.05) is 24.3 Å². The molecule has 0 aromatic heterocycles. The molecule has 1 amide bonds. The molecule has 0 bridgehead atoms. The molecule has 0 spiro atoms. The van der Waals surface area contributed by atoms with Crippen molar-refractivity contribution in [1.82, 2.24) is 5.43 Å². The number of nitrogens with one attached hydrogen (secondary N) is 1. The van der Waals surface area contributed by atoms with Gasteiger partial charge in [-0.15, -0.1) is 0 Å². The van der Waals surface area contributed by atoms with Crippen molar-refractivity contribution in [2.24, 2.45) is 5.10 Å². The van der Waals surface area contributed by atoms with Gasteiger partial charge in [0, 0.05) is 15.6 Å². The summed E-state index contributed by atoms with van der Waals surface area (Å²) in [6, 6.07) is 9.75. The lowest BCUT2D eigenvalue weighted by molar-refractivity contribution is -0.385. The van der Waals surface area contributed by atoms with Gasteiger partial charge in [0.25, 0.3) is 5.91 Å². The van der Waals surface area contributed by atoms with Crippen LogP contribution in [0.3, 0.4) is 0 Å². The van der Waals surface area contributed by atoms with Crippen LogP contribution in [0.2, 0.25) is 10.0 Å². The third kappa shape index (κ3) is 5.42. The molecule has 0 aliphatic rings. The number of benzene rings is 2. The highest BCUT2D eigenvalue weighted by atomic mass is 79.9. The molecule has 0 saturated heterocycles. The monoisotopic (exact) mass is 459 g/mol. The van der Waals surface area contributed by atoms with Crippen LogP contribution < -0.4 is 10.2 Å². The zero-order valence-corrected chi connectivity index (χ0v) is 16.4. The Balaban J connectivity index is 2.02. The Morgan fingerprint density at radius 2 is 1.96 bits per heavy atom. The van der Waals surface area contributed by atoms with Crippen LogP contribution in [0.15, 0.2) is 46.0 Å². The minimum absolute atomic E-state index is 0.0634. The lowest BCUT2D eigenvalue weighted by atomic mass is 10.1. The maximum atomic E-state index is 11.9. The summed E-state index contributed by atoms with van der Waals surface area (Å²) in [6.45, 7) is 1.23. The van der Waals surface area contributed by atoms with E-state index >= 15 is 0 Å². The number of ether oxygens (including phenoxy) is 1. The molecule has 2 rings (SSSR count). The zero-order valence-electron chi connectivity index (χ0n) is 13.3. The first kappa shape index (κ1) is 20.2. The maximum absolute atomic E-state index is 11.9. The highest BCUT2D eigenvalue weighted by molar-refractivity contribution is 9.10. The van der Waals surface area contributed by atoms with E-state index < -0.39 is 23.1 Å². The number of carbonyl (C=O) groups is 1. The third-order valence-electron chi connectivity index (χ3n) is 3.14. The van der Waals surface area contributed by atoms with Crippen molar-refractivity contribution in [3.63, 3.8) is 0 Å². The largest absolute Gasteiger partial charge is 0.476 e. The molecule has 10 heteroatoms. The molecule has 0 fully saturated rings. The molecule has 2 aromatic rings.